The van der Waals surface area contributed by atoms with E-state index in [2.05, 4.69) is 15.5 Å². The maximum Gasteiger partial charge on any atom is 0.244 e. The van der Waals surface area contributed by atoms with Gasteiger partial charge in [0.1, 0.15) is 0 Å². The van der Waals surface area contributed by atoms with Crippen molar-refractivity contribution in [2.45, 2.75) is 25.4 Å². The Balaban J connectivity index is 1.61. The average Bonchev–Trinajstić information content (AvgIpc) is 3.14. The number of amides is 2. The molecule has 0 aliphatic carbocycles. The molecule has 1 heterocycles. The SMILES string of the molecule is CCCN(CC(=O)Nc1ccccc1C)C(=O)CSc1nnc(-c2ccc(Cl)cc2)n1C. The quantitative estimate of drug-likeness (QED) is 0.467. The Bertz CT molecular complexity index is 1080. The molecule has 0 saturated heterocycles. The van der Waals surface area contributed by atoms with Crippen molar-refractivity contribution in [3.8, 4) is 11.4 Å². The second-order valence-electron chi connectivity index (χ2n) is 7.34. The number of benzene rings is 2. The first kappa shape index (κ1) is 23.8. The normalized spacial score (nSPS) is 10.8. The fourth-order valence-corrected chi connectivity index (χ4v) is 4.09. The van der Waals surface area contributed by atoms with Crippen LogP contribution in [0.1, 0.15) is 18.9 Å². The molecular formula is C23H26ClN5O2S. The highest BCUT2D eigenvalue weighted by atomic mass is 35.5. The second-order valence-corrected chi connectivity index (χ2v) is 8.72. The third-order valence-corrected chi connectivity index (χ3v) is 6.12. The molecule has 9 heteroatoms. The Morgan fingerprint density at radius 3 is 2.53 bits per heavy atom. The van der Waals surface area contributed by atoms with E-state index in [4.69, 9.17) is 11.6 Å². The van der Waals surface area contributed by atoms with Crippen molar-refractivity contribution in [2.24, 2.45) is 7.05 Å². The van der Waals surface area contributed by atoms with Crippen LogP contribution in [0.2, 0.25) is 5.02 Å². The second kappa shape index (κ2) is 11.2. The molecule has 7 nitrogen and oxygen atoms in total. The topological polar surface area (TPSA) is 80.1 Å². The zero-order chi connectivity index (χ0) is 23.1. The number of nitrogens with zero attached hydrogens (tertiary/aromatic N) is 4. The van der Waals surface area contributed by atoms with Gasteiger partial charge in [-0.05, 0) is 49.2 Å². The van der Waals surface area contributed by atoms with Crippen LogP contribution in [0, 0.1) is 6.92 Å². The molecule has 1 N–H and O–H groups in total. The molecule has 0 bridgehead atoms. The number of halogens is 1. The summed E-state index contributed by atoms with van der Waals surface area (Å²) in [5.41, 5.74) is 2.62. The van der Waals surface area contributed by atoms with Crippen molar-refractivity contribution >= 4 is 40.9 Å². The third kappa shape index (κ3) is 6.11. The lowest BCUT2D eigenvalue weighted by molar-refractivity contribution is -0.132. The highest BCUT2D eigenvalue weighted by molar-refractivity contribution is 7.99. The number of anilines is 1. The zero-order valence-electron chi connectivity index (χ0n) is 18.3. The molecule has 0 spiro atoms. The van der Waals surface area contributed by atoms with E-state index in [0.717, 1.165) is 23.2 Å². The minimum Gasteiger partial charge on any atom is -0.333 e. The Hall–Kier alpha value is -2.84. The maximum absolute atomic E-state index is 12.8. The van der Waals surface area contributed by atoms with Crippen LogP contribution in [0.3, 0.4) is 0 Å². The summed E-state index contributed by atoms with van der Waals surface area (Å²) in [5, 5.41) is 12.6. The van der Waals surface area contributed by atoms with Crippen LogP contribution in [-0.4, -0.2) is 50.3 Å². The first-order chi connectivity index (χ1) is 15.4. The smallest absolute Gasteiger partial charge is 0.244 e. The van der Waals surface area contributed by atoms with E-state index in [1.54, 1.807) is 17.0 Å². The van der Waals surface area contributed by atoms with Crippen LogP contribution in [0.15, 0.2) is 53.7 Å². The highest BCUT2D eigenvalue weighted by Gasteiger charge is 2.19. The lowest BCUT2D eigenvalue weighted by Crippen LogP contribution is -2.39. The van der Waals surface area contributed by atoms with Gasteiger partial charge in [0.2, 0.25) is 11.8 Å². The van der Waals surface area contributed by atoms with E-state index in [-0.39, 0.29) is 24.1 Å². The number of rotatable bonds is 9. The molecule has 32 heavy (non-hydrogen) atoms. The Labute approximate surface area is 197 Å². The van der Waals surface area contributed by atoms with E-state index in [1.807, 2.05) is 61.9 Å². The molecule has 2 aromatic carbocycles. The van der Waals surface area contributed by atoms with Crippen LogP contribution in [-0.2, 0) is 16.6 Å². The van der Waals surface area contributed by atoms with Crippen molar-refractivity contribution in [1.29, 1.82) is 0 Å². The van der Waals surface area contributed by atoms with Gasteiger partial charge in [-0.1, -0.05) is 48.5 Å². The van der Waals surface area contributed by atoms with Gasteiger partial charge in [-0.15, -0.1) is 10.2 Å². The number of aryl methyl sites for hydroxylation is 1. The van der Waals surface area contributed by atoms with Crippen molar-refractivity contribution in [2.75, 3.05) is 24.2 Å². The molecule has 0 atom stereocenters. The van der Waals surface area contributed by atoms with Crippen LogP contribution in [0.25, 0.3) is 11.4 Å². The van der Waals surface area contributed by atoms with Crippen LogP contribution in [0.4, 0.5) is 5.69 Å². The van der Waals surface area contributed by atoms with E-state index in [0.29, 0.717) is 22.5 Å². The van der Waals surface area contributed by atoms with E-state index >= 15 is 0 Å². The lowest BCUT2D eigenvalue weighted by Gasteiger charge is -2.21. The molecule has 0 aliphatic heterocycles. The average molecular weight is 472 g/mol. The van der Waals surface area contributed by atoms with E-state index in [1.165, 1.54) is 11.8 Å². The van der Waals surface area contributed by atoms with Crippen molar-refractivity contribution < 1.29 is 9.59 Å². The van der Waals surface area contributed by atoms with E-state index < -0.39 is 0 Å². The summed E-state index contributed by atoms with van der Waals surface area (Å²) < 4.78 is 1.84. The summed E-state index contributed by atoms with van der Waals surface area (Å²) in [6, 6.07) is 14.9. The fraction of sp³-hybridized carbons (Fsp3) is 0.304. The standard InChI is InChI=1S/C23H26ClN5O2S/c1-4-13-29(14-20(30)25-19-8-6-5-7-16(19)2)21(31)15-32-23-27-26-22(28(23)3)17-9-11-18(24)12-10-17/h5-12H,4,13-15H2,1-3H3,(H,25,30). The Kier molecular flexibility index (Phi) is 8.30. The number of carbonyl (C=O) groups is 2. The fourth-order valence-electron chi connectivity index (χ4n) is 3.15. The van der Waals surface area contributed by atoms with Crippen molar-refractivity contribution in [1.82, 2.24) is 19.7 Å². The van der Waals surface area contributed by atoms with Gasteiger partial charge >= 0.3 is 0 Å². The predicted octanol–water partition coefficient (Wildman–Crippen LogP) is 4.41. The van der Waals surface area contributed by atoms with Gasteiger partial charge in [-0.25, -0.2) is 0 Å². The Morgan fingerprint density at radius 2 is 1.84 bits per heavy atom. The summed E-state index contributed by atoms with van der Waals surface area (Å²) in [7, 11) is 1.86. The van der Waals surface area contributed by atoms with Gasteiger partial charge in [-0.3, -0.25) is 9.59 Å². The maximum atomic E-state index is 12.8. The summed E-state index contributed by atoms with van der Waals surface area (Å²) in [4.78, 5) is 26.9. The first-order valence-corrected chi connectivity index (χ1v) is 11.7. The number of carbonyl (C=O) groups excluding carboxylic acids is 2. The molecule has 168 valence electrons. The van der Waals surface area contributed by atoms with Crippen molar-refractivity contribution in [3.05, 3.63) is 59.1 Å². The predicted molar refractivity (Wildman–Crippen MR) is 129 cm³/mol. The lowest BCUT2D eigenvalue weighted by atomic mass is 10.2. The van der Waals surface area contributed by atoms with Gasteiger partial charge in [0, 0.05) is 29.9 Å². The van der Waals surface area contributed by atoms with Crippen molar-refractivity contribution in [3.63, 3.8) is 0 Å². The molecule has 1 aromatic heterocycles. The molecule has 3 aromatic rings. The van der Waals surface area contributed by atoms with Gasteiger partial charge in [0.15, 0.2) is 11.0 Å². The van der Waals surface area contributed by atoms with Gasteiger partial charge < -0.3 is 14.8 Å². The number of aromatic nitrogens is 3. The molecular weight excluding hydrogens is 446 g/mol. The number of hydrogen-bond acceptors (Lipinski definition) is 5. The zero-order valence-corrected chi connectivity index (χ0v) is 19.9. The number of para-hydroxylation sites is 1. The third-order valence-electron chi connectivity index (χ3n) is 4.86. The minimum atomic E-state index is -0.213. The Morgan fingerprint density at radius 1 is 1.12 bits per heavy atom. The van der Waals surface area contributed by atoms with Gasteiger partial charge in [0.25, 0.3) is 0 Å². The molecule has 0 fully saturated rings. The molecule has 0 saturated carbocycles. The van der Waals surface area contributed by atoms with Crippen LogP contribution >= 0.6 is 23.4 Å². The molecule has 3 rings (SSSR count). The number of hydrogen-bond donors (Lipinski definition) is 1. The summed E-state index contributed by atoms with van der Waals surface area (Å²) in [5.74, 6) is 0.534. The van der Waals surface area contributed by atoms with Crippen LogP contribution < -0.4 is 5.32 Å². The van der Waals surface area contributed by atoms with E-state index in [9.17, 15) is 9.59 Å². The summed E-state index contributed by atoms with van der Waals surface area (Å²) in [6.45, 7) is 4.43. The largest absolute Gasteiger partial charge is 0.333 e. The number of nitrogens with one attached hydrogen (secondary N) is 1. The number of thioether (sulfide) groups is 1. The molecule has 0 aliphatic rings. The molecule has 0 unspecified atom stereocenters. The van der Waals surface area contributed by atoms with Gasteiger partial charge in [-0.2, -0.15) is 0 Å². The first-order valence-electron chi connectivity index (χ1n) is 10.3. The van der Waals surface area contributed by atoms with Crippen LogP contribution in [0.5, 0.6) is 0 Å². The summed E-state index contributed by atoms with van der Waals surface area (Å²) in [6.07, 6.45) is 0.763. The molecule has 0 radical (unpaired) electrons. The van der Waals surface area contributed by atoms with Gasteiger partial charge in [0.05, 0.1) is 12.3 Å². The monoisotopic (exact) mass is 471 g/mol. The molecule has 2 amide bonds. The minimum absolute atomic E-state index is 0.0103. The summed E-state index contributed by atoms with van der Waals surface area (Å²) >= 11 is 7.26. The highest BCUT2D eigenvalue weighted by Crippen LogP contribution is 2.24.